The number of carbonyl (C=O) groups is 1. The zero-order valence-corrected chi connectivity index (χ0v) is 26.3. The molecule has 0 unspecified atom stereocenters. The molecule has 0 aromatic heterocycles. The molecule has 1 aliphatic carbocycles. The number of allylic oxidation sites excluding steroid dienone is 1. The van der Waals surface area contributed by atoms with Gasteiger partial charge in [-0.15, -0.1) is 0 Å². The summed E-state index contributed by atoms with van der Waals surface area (Å²) >= 11 is 0. The van der Waals surface area contributed by atoms with Gasteiger partial charge in [-0.25, -0.2) is 0 Å². The molecule has 13 heteroatoms. The Balaban J connectivity index is 1.31. The number of ether oxygens (including phenoxy) is 9. The first-order valence-electron chi connectivity index (χ1n) is 15.3. The van der Waals surface area contributed by atoms with Crippen LogP contribution in [-0.2, 0) is 28.5 Å². The van der Waals surface area contributed by atoms with Crippen LogP contribution in [0.25, 0.3) is 0 Å². The number of aliphatic hydroxyl groups is 1. The molecule has 0 spiro atoms. The van der Waals surface area contributed by atoms with Crippen LogP contribution >= 0.6 is 0 Å². The summed E-state index contributed by atoms with van der Waals surface area (Å²) in [6.45, 7) is 2.24. The van der Waals surface area contributed by atoms with Crippen LogP contribution in [0.1, 0.15) is 35.6 Å². The molecule has 46 heavy (non-hydrogen) atoms. The number of carbonyl (C=O) groups excluding carboxylic acids is 1. The molecule has 0 radical (unpaired) electrons. The lowest BCUT2D eigenvalue weighted by Crippen LogP contribution is -2.66. The quantitative estimate of drug-likeness (QED) is 0.338. The second kappa shape index (κ2) is 12.2. The summed E-state index contributed by atoms with van der Waals surface area (Å²) in [6, 6.07) is 6.54. The highest BCUT2D eigenvalue weighted by Crippen LogP contribution is 2.57. The SMILES string of the molecule is C/C=C\[C@H]1OC[C@H]2O[C@@H](O[C@@H]3c4cc5c(cc4[C@@H](c4cc(OC)c(O)c(OC)c4)[C@H]4C(=O)OC[C@@H]43)OCO5)[C@H](N(C)C)[C@@H](O)[C@@H]2O1. The zero-order chi connectivity index (χ0) is 32.3. The number of hydrogen-bond donors (Lipinski definition) is 2. The van der Waals surface area contributed by atoms with Gasteiger partial charge in [-0.1, -0.05) is 6.08 Å². The van der Waals surface area contributed by atoms with E-state index in [1.807, 2.05) is 44.1 Å². The van der Waals surface area contributed by atoms with E-state index in [2.05, 4.69) is 0 Å². The van der Waals surface area contributed by atoms with Crippen molar-refractivity contribution in [3.8, 4) is 28.7 Å². The number of aromatic hydroxyl groups is 1. The molecule has 3 saturated heterocycles. The molecular formula is C33H39NO12. The number of aliphatic hydroxyl groups excluding tert-OH is 1. The third-order valence-electron chi connectivity index (χ3n) is 9.56. The number of esters is 1. The maximum absolute atomic E-state index is 13.6. The van der Waals surface area contributed by atoms with E-state index in [1.165, 1.54) is 14.2 Å². The average molecular weight is 642 g/mol. The van der Waals surface area contributed by atoms with Gasteiger partial charge < -0.3 is 52.8 Å². The molecule has 0 bridgehead atoms. The summed E-state index contributed by atoms with van der Waals surface area (Å²) < 4.78 is 53.4. The lowest BCUT2D eigenvalue weighted by molar-refractivity contribution is -0.350. The van der Waals surface area contributed by atoms with Crippen molar-refractivity contribution >= 4 is 5.97 Å². The van der Waals surface area contributed by atoms with E-state index in [4.69, 9.17) is 42.6 Å². The van der Waals surface area contributed by atoms with Gasteiger partial charge in [-0.3, -0.25) is 9.69 Å². The molecule has 2 N–H and O–H groups in total. The summed E-state index contributed by atoms with van der Waals surface area (Å²) in [4.78, 5) is 15.4. The summed E-state index contributed by atoms with van der Waals surface area (Å²) in [7, 11) is 6.59. The van der Waals surface area contributed by atoms with Gasteiger partial charge in [0.1, 0.15) is 18.3 Å². The maximum atomic E-state index is 13.6. The standard InChI is InChI=1S/C33H39NO12/c1-6-7-24-40-13-23-31(45-24)29(36)27(34(2)3)33(44-23)46-30-17-11-20-19(42-14-43-20)10-16(17)25(26-18(30)12-41-32(26)37)15-8-21(38-4)28(35)22(9-15)39-5/h6-11,18,23-27,29-31,33,35-36H,12-14H2,1-5H3/b7-6-/t18-,23+,24-,25+,26-,27+,29+,30+,31+,33-/m0/s1. The Hall–Kier alpha value is -3.59. The monoisotopic (exact) mass is 641 g/mol. The van der Waals surface area contributed by atoms with Crippen molar-refractivity contribution in [2.24, 2.45) is 11.8 Å². The number of fused-ring (bicyclic) bond motifs is 4. The van der Waals surface area contributed by atoms with Gasteiger partial charge in [0.25, 0.3) is 0 Å². The average Bonchev–Trinajstić information content (AvgIpc) is 3.67. The van der Waals surface area contributed by atoms with E-state index in [9.17, 15) is 15.0 Å². The summed E-state index contributed by atoms with van der Waals surface area (Å²) in [5.74, 6) is -0.646. The topological polar surface area (TPSA) is 144 Å². The molecule has 0 amide bonds. The van der Waals surface area contributed by atoms with Crippen molar-refractivity contribution in [2.75, 3.05) is 48.3 Å². The first-order chi connectivity index (χ1) is 22.2. The Morgan fingerprint density at radius 1 is 0.957 bits per heavy atom. The third kappa shape index (κ3) is 5.06. The Bertz CT molecular complexity index is 1490. The predicted molar refractivity (Wildman–Crippen MR) is 159 cm³/mol. The van der Waals surface area contributed by atoms with E-state index in [-0.39, 0.29) is 43.2 Å². The molecular weight excluding hydrogens is 602 g/mol. The zero-order valence-electron chi connectivity index (χ0n) is 26.3. The van der Waals surface area contributed by atoms with E-state index in [0.717, 1.165) is 11.1 Å². The normalized spacial score (nSPS) is 34.6. The van der Waals surface area contributed by atoms with Crippen molar-refractivity contribution in [1.82, 2.24) is 4.90 Å². The van der Waals surface area contributed by atoms with Gasteiger partial charge in [-0.2, -0.15) is 0 Å². The molecule has 3 fully saturated rings. The Labute approximate surface area is 266 Å². The number of phenolic OH excluding ortho intramolecular Hbond substituents is 1. The van der Waals surface area contributed by atoms with E-state index in [1.54, 1.807) is 18.2 Å². The molecule has 0 saturated carbocycles. The molecule has 5 aliphatic rings. The molecule has 7 rings (SSSR count). The molecule has 2 aromatic rings. The maximum Gasteiger partial charge on any atom is 0.310 e. The van der Waals surface area contributed by atoms with E-state index in [0.29, 0.717) is 17.1 Å². The van der Waals surface area contributed by atoms with Gasteiger partial charge in [0.2, 0.25) is 12.5 Å². The van der Waals surface area contributed by atoms with E-state index >= 15 is 0 Å². The minimum atomic E-state index is -0.961. The summed E-state index contributed by atoms with van der Waals surface area (Å²) in [6.07, 6.45) is -0.749. The van der Waals surface area contributed by atoms with Crippen LogP contribution in [0.4, 0.5) is 0 Å². The molecule has 13 nitrogen and oxygen atoms in total. The van der Waals surface area contributed by atoms with Crippen LogP contribution in [-0.4, -0.2) is 106 Å². The fourth-order valence-corrected chi connectivity index (χ4v) is 7.44. The van der Waals surface area contributed by atoms with Crippen LogP contribution in [0.5, 0.6) is 28.7 Å². The molecule has 10 atom stereocenters. The summed E-state index contributed by atoms with van der Waals surface area (Å²) in [5, 5.41) is 22.3. The first-order valence-corrected chi connectivity index (χ1v) is 15.3. The second-order valence-corrected chi connectivity index (χ2v) is 12.3. The highest BCUT2D eigenvalue weighted by molar-refractivity contribution is 5.79. The van der Waals surface area contributed by atoms with Gasteiger partial charge in [-0.05, 0) is 68.1 Å². The van der Waals surface area contributed by atoms with Gasteiger partial charge in [0.15, 0.2) is 35.6 Å². The lowest BCUT2D eigenvalue weighted by atomic mass is 9.66. The number of hydrogen-bond acceptors (Lipinski definition) is 13. The second-order valence-electron chi connectivity index (χ2n) is 12.3. The van der Waals surface area contributed by atoms with Crippen molar-refractivity contribution < 1.29 is 57.6 Å². The molecule has 4 aliphatic heterocycles. The lowest BCUT2D eigenvalue weighted by Gasteiger charge is -2.50. The number of cyclic esters (lactones) is 1. The Kier molecular flexibility index (Phi) is 8.24. The minimum Gasteiger partial charge on any atom is -0.502 e. The molecule has 248 valence electrons. The fourth-order valence-electron chi connectivity index (χ4n) is 7.44. The number of nitrogens with zero attached hydrogens (tertiary/aromatic N) is 1. The first kappa shape index (κ1) is 31.0. The van der Waals surface area contributed by atoms with Crippen molar-refractivity contribution in [3.05, 3.63) is 53.1 Å². The van der Waals surface area contributed by atoms with Gasteiger partial charge in [0, 0.05) is 11.8 Å². The molecule has 2 aromatic carbocycles. The number of benzene rings is 2. The van der Waals surface area contributed by atoms with Crippen LogP contribution in [0.2, 0.25) is 0 Å². The predicted octanol–water partition coefficient (Wildman–Crippen LogP) is 2.46. The smallest absolute Gasteiger partial charge is 0.310 e. The van der Waals surface area contributed by atoms with Gasteiger partial charge >= 0.3 is 5.97 Å². The summed E-state index contributed by atoms with van der Waals surface area (Å²) in [5.41, 5.74) is 2.21. The number of methoxy groups -OCH3 is 2. The van der Waals surface area contributed by atoms with Crippen LogP contribution in [0.3, 0.4) is 0 Å². The van der Waals surface area contributed by atoms with Crippen LogP contribution in [0, 0.1) is 11.8 Å². The number of phenols is 1. The Morgan fingerprint density at radius 3 is 2.30 bits per heavy atom. The number of rotatable bonds is 7. The highest BCUT2D eigenvalue weighted by Gasteiger charge is 2.56. The minimum absolute atomic E-state index is 0.0576. The van der Waals surface area contributed by atoms with Crippen molar-refractivity contribution in [3.63, 3.8) is 0 Å². The van der Waals surface area contributed by atoms with E-state index < -0.39 is 60.8 Å². The fraction of sp³-hybridized carbons (Fsp3) is 0.545. The van der Waals surface area contributed by atoms with Crippen LogP contribution < -0.4 is 18.9 Å². The van der Waals surface area contributed by atoms with Crippen LogP contribution in [0.15, 0.2) is 36.4 Å². The third-order valence-corrected chi connectivity index (χ3v) is 9.56. The molecule has 4 heterocycles. The Morgan fingerprint density at radius 2 is 1.65 bits per heavy atom. The largest absolute Gasteiger partial charge is 0.502 e. The van der Waals surface area contributed by atoms with Crippen molar-refractivity contribution in [1.29, 1.82) is 0 Å². The number of likely N-dealkylation sites (N-methyl/N-ethyl adjacent to an activating group) is 1. The van der Waals surface area contributed by atoms with Crippen molar-refractivity contribution in [2.45, 2.75) is 55.9 Å². The van der Waals surface area contributed by atoms with Gasteiger partial charge in [0.05, 0.1) is 45.5 Å². The highest BCUT2D eigenvalue weighted by atomic mass is 16.7.